The molecule has 1 N–H and O–H groups in total. The second kappa shape index (κ2) is 8.41. The number of hydrogen-bond acceptors (Lipinski definition) is 4. The molecule has 0 aromatic heterocycles. The summed E-state index contributed by atoms with van der Waals surface area (Å²) in [7, 11) is -4.42. The fraction of sp³-hybridized carbons (Fsp3) is 0.0476. The predicted molar refractivity (Wildman–Crippen MR) is 107 cm³/mol. The van der Waals surface area contributed by atoms with Crippen LogP contribution in [0.15, 0.2) is 76.5 Å². The van der Waals surface area contributed by atoms with Crippen molar-refractivity contribution in [3.8, 4) is 6.07 Å². The van der Waals surface area contributed by atoms with Crippen LogP contribution in [0, 0.1) is 11.3 Å². The summed E-state index contributed by atoms with van der Waals surface area (Å²) in [6.45, 7) is 0. The molecule has 0 aliphatic carbocycles. The Bertz CT molecular complexity index is 1320. The first-order chi connectivity index (χ1) is 14.5. The van der Waals surface area contributed by atoms with Crippen LogP contribution in [0.2, 0.25) is 5.02 Å². The molecule has 3 aromatic carbocycles. The normalized spacial score (nSPS) is 11.6. The van der Waals surface area contributed by atoms with Crippen molar-refractivity contribution in [1.82, 2.24) is 0 Å². The number of amides is 1. The van der Waals surface area contributed by atoms with Gasteiger partial charge >= 0.3 is 6.18 Å². The number of alkyl halides is 3. The first kappa shape index (κ1) is 22.3. The lowest BCUT2D eigenvalue weighted by molar-refractivity contribution is -0.137. The van der Waals surface area contributed by atoms with E-state index >= 15 is 0 Å². The number of nitrogens with zero attached hydrogens (tertiary/aromatic N) is 1. The van der Waals surface area contributed by atoms with Gasteiger partial charge in [-0.05, 0) is 54.6 Å². The number of nitrogens with one attached hydrogen (secondary N) is 1. The minimum absolute atomic E-state index is 0.129. The van der Waals surface area contributed by atoms with Gasteiger partial charge in [-0.25, -0.2) is 8.42 Å². The SMILES string of the molecule is N#Cc1cc(NC(=O)c2cccc(Cl)c2)ccc1S(=O)(=O)c1cccc(C(F)(F)F)c1. The molecule has 0 saturated carbocycles. The summed E-state index contributed by atoms with van der Waals surface area (Å²) in [4.78, 5) is 11.2. The average molecular weight is 465 g/mol. The largest absolute Gasteiger partial charge is 0.416 e. The number of hydrogen-bond donors (Lipinski definition) is 1. The maximum Gasteiger partial charge on any atom is 0.416 e. The Morgan fingerprint density at radius 1 is 1.00 bits per heavy atom. The molecule has 0 atom stereocenters. The van der Waals surface area contributed by atoms with Gasteiger partial charge in [-0.15, -0.1) is 0 Å². The average Bonchev–Trinajstić information content (AvgIpc) is 2.73. The summed E-state index contributed by atoms with van der Waals surface area (Å²) in [5.74, 6) is -0.542. The summed E-state index contributed by atoms with van der Waals surface area (Å²) in [6.07, 6.45) is -4.72. The van der Waals surface area contributed by atoms with E-state index in [9.17, 15) is 31.6 Å². The molecule has 0 saturated heterocycles. The second-order valence-corrected chi connectivity index (χ2v) is 8.67. The molecule has 0 aliphatic rings. The van der Waals surface area contributed by atoms with Crippen LogP contribution in [0.5, 0.6) is 0 Å². The topological polar surface area (TPSA) is 87.0 Å². The number of carbonyl (C=O) groups excluding carboxylic acids is 1. The van der Waals surface area contributed by atoms with E-state index in [-0.39, 0.29) is 16.8 Å². The third kappa shape index (κ3) is 4.87. The lowest BCUT2D eigenvalue weighted by atomic mass is 10.2. The van der Waals surface area contributed by atoms with E-state index in [1.807, 2.05) is 0 Å². The highest BCUT2D eigenvalue weighted by atomic mass is 35.5. The lowest BCUT2D eigenvalue weighted by Gasteiger charge is -2.12. The summed E-state index contributed by atoms with van der Waals surface area (Å²) in [5, 5.41) is 12.3. The number of anilines is 1. The molecule has 0 radical (unpaired) electrons. The van der Waals surface area contributed by atoms with Crippen molar-refractivity contribution >= 4 is 33.0 Å². The molecule has 0 bridgehead atoms. The highest BCUT2D eigenvalue weighted by Crippen LogP contribution is 2.33. The minimum Gasteiger partial charge on any atom is -0.322 e. The van der Waals surface area contributed by atoms with E-state index in [0.717, 1.165) is 30.3 Å². The van der Waals surface area contributed by atoms with E-state index in [2.05, 4.69) is 5.32 Å². The quantitative estimate of drug-likeness (QED) is 0.566. The molecule has 3 aromatic rings. The van der Waals surface area contributed by atoms with Crippen molar-refractivity contribution in [3.63, 3.8) is 0 Å². The number of nitriles is 1. The van der Waals surface area contributed by atoms with Gasteiger partial charge < -0.3 is 5.32 Å². The van der Waals surface area contributed by atoms with Crippen LogP contribution in [-0.2, 0) is 16.0 Å². The first-order valence-corrected chi connectivity index (χ1v) is 10.4. The molecule has 10 heteroatoms. The van der Waals surface area contributed by atoms with Crippen LogP contribution < -0.4 is 5.32 Å². The van der Waals surface area contributed by atoms with Gasteiger partial charge in [0.15, 0.2) is 0 Å². The minimum atomic E-state index is -4.72. The number of rotatable bonds is 4. The van der Waals surface area contributed by atoms with Crippen molar-refractivity contribution < 1.29 is 26.4 Å². The van der Waals surface area contributed by atoms with Crippen molar-refractivity contribution in [2.45, 2.75) is 16.0 Å². The van der Waals surface area contributed by atoms with Crippen LogP contribution in [0.25, 0.3) is 0 Å². The monoisotopic (exact) mass is 464 g/mol. The molecule has 31 heavy (non-hydrogen) atoms. The Kier molecular flexibility index (Phi) is 6.06. The standard InChI is InChI=1S/C21H12ClF3N2O3S/c22-16-5-1-3-13(9-16)20(28)27-17-7-8-19(14(10-17)12-26)31(29,30)18-6-2-4-15(11-18)21(23,24)25/h1-11H,(H,27,28). The molecule has 0 fully saturated rings. The number of sulfone groups is 1. The van der Waals surface area contributed by atoms with E-state index < -0.39 is 37.3 Å². The zero-order valence-corrected chi connectivity index (χ0v) is 17.0. The third-order valence-electron chi connectivity index (χ3n) is 4.21. The Balaban J connectivity index is 1.96. The number of carbonyl (C=O) groups is 1. The van der Waals surface area contributed by atoms with Gasteiger partial charge in [0.25, 0.3) is 5.91 Å². The molecule has 0 unspecified atom stereocenters. The highest BCUT2D eigenvalue weighted by Gasteiger charge is 2.32. The van der Waals surface area contributed by atoms with Gasteiger partial charge in [-0.1, -0.05) is 23.7 Å². The Labute approximate surface area is 180 Å². The van der Waals surface area contributed by atoms with Crippen molar-refractivity contribution in [2.75, 3.05) is 5.32 Å². The van der Waals surface area contributed by atoms with E-state index in [4.69, 9.17) is 11.6 Å². The van der Waals surface area contributed by atoms with Crippen molar-refractivity contribution in [2.24, 2.45) is 0 Å². The third-order valence-corrected chi connectivity index (χ3v) is 6.25. The maximum absolute atomic E-state index is 12.9. The molecule has 1 amide bonds. The summed E-state index contributed by atoms with van der Waals surface area (Å²) in [5.41, 5.74) is -1.09. The molecule has 0 aliphatic heterocycles. The van der Waals surface area contributed by atoms with Crippen molar-refractivity contribution in [1.29, 1.82) is 5.26 Å². The zero-order chi connectivity index (χ0) is 22.8. The van der Waals surface area contributed by atoms with E-state index in [1.54, 1.807) is 18.2 Å². The second-order valence-electron chi connectivity index (χ2n) is 6.32. The molecule has 0 spiro atoms. The Hall–Kier alpha value is -3.35. The van der Waals surface area contributed by atoms with Crippen LogP contribution in [0.1, 0.15) is 21.5 Å². The molecule has 158 valence electrons. The Morgan fingerprint density at radius 3 is 2.35 bits per heavy atom. The molecule has 0 heterocycles. The van der Waals surface area contributed by atoms with Crippen molar-refractivity contribution in [3.05, 3.63) is 88.4 Å². The molecule has 3 rings (SSSR count). The van der Waals surface area contributed by atoms with Crippen LogP contribution >= 0.6 is 11.6 Å². The van der Waals surface area contributed by atoms with Gasteiger partial charge in [0, 0.05) is 16.3 Å². The predicted octanol–water partition coefficient (Wildman–Crippen LogP) is 5.32. The highest BCUT2D eigenvalue weighted by molar-refractivity contribution is 7.91. The fourth-order valence-electron chi connectivity index (χ4n) is 2.73. The van der Waals surface area contributed by atoms with Crippen LogP contribution in [-0.4, -0.2) is 14.3 Å². The zero-order valence-electron chi connectivity index (χ0n) is 15.4. The lowest BCUT2D eigenvalue weighted by Crippen LogP contribution is -2.13. The number of halogens is 4. The first-order valence-electron chi connectivity index (χ1n) is 8.56. The smallest absolute Gasteiger partial charge is 0.322 e. The molecular formula is C21H12ClF3N2O3S. The van der Waals surface area contributed by atoms with Gasteiger partial charge in [0.05, 0.1) is 20.9 Å². The fourth-order valence-corrected chi connectivity index (χ4v) is 4.35. The van der Waals surface area contributed by atoms with Gasteiger partial charge in [0.2, 0.25) is 9.84 Å². The summed E-state index contributed by atoms with van der Waals surface area (Å²) < 4.78 is 64.6. The van der Waals surface area contributed by atoms with Gasteiger partial charge in [-0.3, -0.25) is 4.79 Å². The van der Waals surface area contributed by atoms with Gasteiger partial charge in [0.1, 0.15) is 6.07 Å². The molecular weight excluding hydrogens is 453 g/mol. The summed E-state index contributed by atoms with van der Waals surface area (Å²) >= 11 is 5.85. The van der Waals surface area contributed by atoms with E-state index in [0.29, 0.717) is 11.1 Å². The van der Waals surface area contributed by atoms with Crippen LogP contribution in [0.3, 0.4) is 0 Å². The summed E-state index contributed by atoms with van der Waals surface area (Å²) in [6, 6.07) is 14.5. The van der Waals surface area contributed by atoms with Crippen LogP contribution in [0.4, 0.5) is 18.9 Å². The Morgan fingerprint density at radius 2 is 1.71 bits per heavy atom. The van der Waals surface area contributed by atoms with E-state index in [1.165, 1.54) is 18.2 Å². The number of benzene rings is 3. The maximum atomic E-state index is 12.9. The molecule has 5 nitrogen and oxygen atoms in total. The van der Waals surface area contributed by atoms with Gasteiger partial charge in [-0.2, -0.15) is 18.4 Å².